The first-order valence-corrected chi connectivity index (χ1v) is 5.85. The van der Waals surface area contributed by atoms with Crippen LogP contribution in [0.5, 0.6) is 5.75 Å². The smallest absolute Gasteiger partial charge is 0.428 e. The first-order chi connectivity index (χ1) is 7.83. The van der Waals surface area contributed by atoms with Crippen LogP contribution in [0, 0.1) is 6.08 Å². The van der Waals surface area contributed by atoms with E-state index in [1.165, 1.54) is 0 Å². The van der Waals surface area contributed by atoms with E-state index in [0.29, 0.717) is 10.2 Å². The van der Waals surface area contributed by atoms with Crippen molar-refractivity contribution >= 4 is 22.1 Å². The summed E-state index contributed by atoms with van der Waals surface area (Å²) in [5.41, 5.74) is 0.150. The number of carbonyl (C=O) groups excluding carboxylic acids is 1. The Hall–Kier alpha value is -1.29. The molecule has 1 aromatic rings. The fraction of sp³-hybridized carbons (Fsp3) is 0.308. The van der Waals surface area contributed by atoms with Crippen molar-refractivity contribution in [3.05, 3.63) is 40.9 Å². The summed E-state index contributed by atoms with van der Waals surface area (Å²) < 4.78 is 10.8. The first-order valence-electron chi connectivity index (χ1n) is 5.06. The molecule has 91 valence electrons. The van der Waals surface area contributed by atoms with Crippen molar-refractivity contribution < 1.29 is 14.3 Å². The molecule has 1 rings (SSSR count). The van der Waals surface area contributed by atoms with Crippen molar-refractivity contribution in [2.24, 2.45) is 0 Å². The molecule has 0 spiro atoms. The number of halogens is 1. The van der Waals surface area contributed by atoms with E-state index in [2.05, 4.69) is 28.6 Å². The Bertz CT molecular complexity index is 433. The summed E-state index contributed by atoms with van der Waals surface area (Å²) in [7, 11) is 0. The highest BCUT2D eigenvalue weighted by Crippen LogP contribution is 2.29. The van der Waals surface area contributed by atoms with Crippen molar-refractivity contribution in [1.82, 2.24) is 0 Å². The van der Waals surface area contributed by atoms with Gasteiger partial charge in [-0.3, -0.25) is 0 Å². The van der Waals surface area contributed by atoms with Crippen LogP contribution in [-0.2, 0) is 4.74 Å². The van der Waals surface area contributed by atoms with Crippen LogP contribution >= 0.6 is 15.9 Å². The van der Waals surface area contributed by atoms with Crippen LogP contribution in [0.3, 0.4) is 0 Å². The number of hydrogen-bond acceptors (Lipinski definition) is 3. The molecular weight excluding hydrogens is 284 g/mol. The lowest BCUT2D eigenvalue weighted by molar-refractivity contribution is 0.0205. The maximum absolute atomic E-state index is 11.5. The molecule has 1 aromatic carbocycles. The van der Waals surface area contributed by atoms with Gasteiger partial charge in [-0.15, -0.1) is 0 Å². The van der Waals surface area contributed by atoms with Gasteiger partial charge in [-0.25, -0.2) is 4.79 Å². The van der Waals surface area contributed by atoms with Crippen LogP contribution in [-0.4, -0.2) is 11.8 Å². The summed E-state index contributed by atoms with van der Waals surface area (Å²) in [6.07, 6.45) is 1.99. The number of carbonyl (C=O) groups is 1. The molecule has 17 heavy (non-hydrogen) atoms. The molecule has 0 aliphatic heterocycles. The van der Waals surface area contributed by atoms with Gasteiger partial charge in [0.05, 0.1) is 4.47 Å². The third-order valence-electron chi connectivity index (χ3n) is 1.74. The van der Waals surface area contributed by atoms with Gasteiger partial charge in [-0.05, 0) is 54.4 Å². The molecule has 0 aromatic heterocycles. The van der Waals surface area contributed by atoms with Gasteiger partial charge in [0.1, 0.15) is 11.4 Å². The van der Waals surface area contributed by atoms with E-state index in [4.69, 9.17) is 9.47 Å². The summed E-state index contributed by atoms with van der Waals surface area (Å²) in [5.74, 6) is 0.382. The van der Waals surface area contributed by atoms with E-state index < -0.39 is 11.8 Å². The molecule has 3 nitrogen and oxygen atoms in total. The molecule has 0 saturated carbocycles. The normalized spacial score (nSPS) is 10.8. The van der Waals surface area contributed by atoms with Gasteiger partial charge in [-0.1, -0.05) is 18.7 Å². The third kappa shape index (κ3) is 4.23. The van der Waals surface area contributed by atoms with Gasteiger partial charge in [-0.2, -0.15) is 0 Å². The zero-order chi connectivity index (χ0) is 13.1. The van der Waals surface area contributed by atoms with E-state index in [1.54, 1.807) is 39.0 Å². The molecule has 0 aliphatic carbocycles. The van der Waals surface area contributed by atoms with Gasteiger partial charge >= 0.3 is 6.16 Å². The molecule has 4 heteroatoms. The zero-order valence-electron chi connectivity index (χ0n) is 10.0. The van der Waals surface area contributed by atoms with Crippen molar-refractivity contribution in [3.8, 4) is 5.75 Å². The maximum atomic E-state index is 11.5. The second-order valence-electron chi connectivity index (χ2n) is 4.36. The topological polar surface area (TPSA) is 35.5 Å². The van der Waals surface area contributed by atoms with Crippen LogP contribution in [0.4, 0.5) is 4.79 Å². The Morgan fingerprint density at radius 3 is 2.59 bits per heavy atom. The second kappa shape index (κ2) is 5.36. The van der Waals surface area contributed by atoms with E-state index >= 15 is 0 Å². The van der Waals surface area contributed by atoms with Gasteiger partial charge in [0.15, 0.2) is 0 Å². The van der Waals surface area contributed by atoms with Crippen LogP contribution in [0.1, 0.15) is 26.3 Å². The molecule has 0 fully saturated rings. The lowest BCUT2D eigenvalue weighted by Crippen LogP contribution is -2.26. The van der Waals surface area contributed by atoms with Gasteiger partial charge in [0, 0.05) is 0 Å². The highest BCUT2D eigenvalue weighted by molar-refractivity contribution is 9.10. The summed E-state index contributed by atoms with van der Waals surface area (Å²) in [6.45, 7) is 8.87. The predicted octanol–water partition coefficient (Wildman–Crippen LogP) is 4.10. The molecule has 0 bridgehead atoms. The van der Waals surface area contributed by atoms with Crippen molar-refractivity contribution in [1.29, 1.82) is 0 Å². The largest absolute Gasteiger partial charge is 0.514 e. The van der Waals surface area contributed by atoms with Crippen molar-refractivity contribution in [3.63, 3.8) is 0 Å². The van der Waals surface area contributed by atoms with Crippen LogP contribution in [0.15, 0.2) is 29.3 Å². The highest BCUT2D eigenvalue weighted by atomic mass is 79.9. The number of hydrogen-bond donors (Lipinski definition) is 0. The SMILES string of the molecule is C=[C]c1cccc(OC(=O)OC(C)(C)C)c1Br. The molecule has 0 heterocycles. The molecular formula is C13H14BrO3. The lowest BCUT2D eigenvalue weighted by atomic mass is 10.2. The third-order valence-corrected chi connectivity index (χ3v) is 2.55. The monoisotopic (exact) mass is 297 g/mol. The maximum Gasteiger partial charge on any atom is 0.514 e. The van der Waals surface area contributed by atoms with Crippen LogP contribution in [0.25, 0.3) is 0 Å². The Morgan fingerprint density at radius 1 is 1.41 bits per heavy atom. The standard InChI is InChI=1S/C13H14BrO3/c1-5-9-7-6-8-10(11(9)14)16-12(15)17-13(2,3)4/h6-8H,1H2,2-4H3. The number of rotatable bonds is 2. The van der Waals surface area contributed by atoms with Gasteiger partial charge < -0.3 is 9.47 Å². The van der Waals surface area contributed by atoms with Gasteiger partial charge in [0.25, 0.3) is 0 Å². The van der Waals surface area contributed by atoms with Gasteiger partial charge in [0.2, 0.25) is 0 Å². The zero-order valence-corrected chi connectivity index (χ0v) is 11.6. The predicted molar refractivity (Wildman–Crippen MR) is 69.0 cm³/mol. The molecule has 0 atom stereocenters. The molecule has 0 unspecified atom stereocenters. The Balaban J connectivity index is 2.82. The minimum absolute atomic E-state index is 0.382. The first kappa shape index (κ1) is 13.8. The van der Waals surface area contributed by atoms with Crippen LogP contribution in [0.2, 0.25) is 0 Å². The average molecular weight is 298 g/mol. The Labute approximate surface area is 110 Å². The van der Waals surface area contributed by atoms with E-state index in [9.17, 15) is 4.79 Å². The molecule has 0 amide bonds. The number of ether oxygens (including phenoxy) is 2. The van der Waals surface area contributed by atoms with Crippen molar-refractivity contribution in [2.75, 3.05) is 0 Å². The minimum Gasteiger partial charge on any atom is -0.428 e. The summed E-state index contributed by atoms with van der Waals surface area (Å²) in [4.78, 5) is 11.5. The number of benzene rings is 1. The summed E-state index contributed by atoms with van der Waals surface area (Å²) >= 11 is 3.31. The van der Waals surface area contributed by atoms with Crippen molar-refractivity contribution in [2.45, 2.75) is 26.4 Å². The fourth-order valence-corrected chi connectivity index (χ4v) is 1.57. The lowest BCUT2D eigenvalue weighted by Gasteiger charge is -2.19. The summed E-state index contributed by atoms with van der Waals surface area (Å²) in [5, 5.41) is 0. The molecule has 0 aliphatic rings. The van der Waals surface area contributed by atoms with E-state index in [-0.39, 0.29) is 0 Å². The van der Waals surface area contributed by atoms with E-state index in [0.717, 1.165) is 5.56 Å². The quantitative estimate of drug-likeness (QED) is 0.609. The minimum atomic E-state index is -0.737. The fourth-order valence-electron chi connectivity index (χ4n) is 1.09. The average Bonchev–Trinajstić information content (AvgIpc) is 2.18. The molecule has 0 N–H and O–H groups in total. The highest BCUT2D eigenvalue weighted by Gasteiger charge is 2.19. The van der Waals surface area contributed by atoms with E-state index in [1.807, 2.05) is 0 Å². The Kier molecular flexibility index (Phi) is 4.34. The Morgan fingerprint density at radius 2 is 2.06 bits per heavy atom. The second-order valence-corrected chi connectivity index (χ2v) is 5.15. The molecule has 0 saturated heterocycles. The van der Waals surface area contributed by atoms with Crippen LogP contribution < -0.4 is 4.74 Å². The summed E-state index contributed by atoms with van der Waals surface area (Å²) in [6, 6.07) is 5.21. The molecule has 1 radical (unpaired) electrons.